The number of nitrogens with one attached hydrogen (secondary N) is 2. The maximum atomic E-state index is 4.41. The highest BCUT2D eigenvalue weighted by Crippen LogP contribution is 2.22. The van der Waals surface area contributed by atoms with Gasteiger partial charge in [0.15, 0.2) is 0 Å². The van der Waals surface area contributed by atoms with Crippen LogP contribution in [0.2, 0.25) is 0 Å². The van der Waals surface area contributed by atoms with Crippen LogP contribution in [0.5, 0.6) is 0 Å². The summed E-state index contributed by atoms with van der Waals surface area (Å²) >= 11 is 0. The Labute approximate surface area is 119 Å². The number of hydrogen-bond acceptors (Lipinski definition) is 3. The summed E-state index contributed by atoms with van der Waals surface area (Å²) in [4.78, 5) is 10.1. The predicted molar refractivity (Wildman–Crippen MR) is 78.4 cm³/mol. The molecule has 0 aliphatic carbocycles. The molecule has 5 nitrogen and oxygen atoms in total. The summed E-state index contributed by atoms with van der Waals surface area (Å²) in [6.45, 7) is 7.54. The van der Waals surface area contributed by atoms with Gasteiger partial charge >= 0.3 is 0 Å². The molecule has 1 saturated heterocycles. The number of H-pyrrole nitrogens is 2. The van der Waals surface area contributed by atoms with Crippen LogP contribution in [0.3, 0.4) is 0 Å². The molecule has 20 heavy (non-hydrogen) atoms. The van der Waals surface area contributed by atoms with Gasteiger partial charge in [0.25, 0.3) is 0 Å². The molecule has 0 spiro atoms. The summed E-state index contributed by atoms with van der Waals surface area (Å²) in [5, 5.41) is 7.26. The minimum Gasteiger partial charge on any atom is -0.348 e. The number of imidazole rings is 1. The van der Waals surface area contributed by atoms with Gasteiger partial charge < -0.3 is 4.98 Å². The van der Waals surface area contributed by atoms with Crippen molar-refractivity contribution >= 4 is 0 Å². The Morgan fingerprint density at radius 2 is 2.30 bits per heavy atom. The van der Waals surface area contributed by atoms with Crippen LogP contribution in [0, 0.1) is 19.8 Å². The first-order valence-corrected chi connectivity index (χ1v) is 7.42. The Morgan fingerprint density at radius 1 is 1.40 bits per heavy atom. The van der Waals surface area contributed by atoms with Crippen LogP contribution in [0.1, 0.15) is 35.5 Å². The zero-order chi connectivity index (χ0) is 13.9. The molecular formula is C15H23N5. The van der Waals surface area contributed by atoms with Gasteiger partial charge in [-0.1, -0.05) is 0 Å². The van der Waals surface area contributed by atoms with Crippen molar-refractivity contribution in [3.05, 3.63) is 35.2 Å². The van der Waals surface area contributed by atoms with Crippen molar-refractivity contribution in [2.24, 2.45) is 5.92 Å². The van der Waals surface area contributed by atoms with Crippen LogP contribution in [-0.2, 0) is 13.0 Å². The summed E-state index contributed by atoms with van der Waals surface area (Å²) in [6.07, 6.45) is 7.42. The second-order valence-corrected chi connectivity index (χ2v) is 5.95. The molecule has 0 radical (unpaired) electrons. The molecule has 3 rings (SSSR count). The van der Waals surface area contributed by atoms with E-state index >= 15 is 0 Å². The fourth-order valence-electron chi connectivity index (χ4n) is 3.09. The fraction of sp³-hybridized carbons (Fsp3) is 0.600. The third-order valence-electron chi connectivity index (χ3n) is 4.34. The van der Waals surface area contributed by atoms with Gasteiger partial charge in [-0.2, -0.15) is 5.10 Å². The lowest BCUT2D eigenvalue weighted by Gasteiger charge is -2.32. The number of hydrogen-bond donors (Lipinski definition) is 2. The molecule has 2 N–H and O–H groups in total. The van der Waals surface area contributed by atoms with Crippen molar-refractivity contribution in [2.45, 2.75) is 39.7 Å². The van der Waals surface area contributed by atoms with Gasteiger partial charge in [-0.3, -0.25) is 10.00 Å². The van der Waals surface area contributed by atoms with E-state index in [2.05, 4.69) is 38.9 Å². The lowest BCUT2D eigenvalue weighted by molar-refractivity contribution is 0.164. The minimum absolute atomic E-state index is 0.724. The van der Waals surface area contributed by atoms with Gasteiger partial charge in [0.05, 0.1) is 18.2 Å². The second kappa shape index (κ2) is 5.79. The van der Waals surface area contributed by atoms with Crippen LogP contribution in [0.25, 0.3) is 0 Å². The number of aromatic amines is 2. The summed E-state index contributed by atoms with van der Waals surface area (Å²) < 4.78 is 0. The van der Waals surface area contributed by atoms with Gasteiger partial charge in [0.1, 0.15) is 0 Å². The second-order valence-electron chi connectivity index (χ2n) is 5.95. The zero-order valence-corrected chi connectivity index (χ0v) is 12.3. The van der Waals surface area contributed by atoms with Gasteiger partial charge in [-0.05, 0) is 51.1 Å². The van der Waals surface area contributed by atoms with Gasteiger partial charge in [0.2, 0.25) is 0 Å². The highest BCUT2D eigenvalue weighted by molar-refractivity contribution is 5.14. The number of piperidine rings is 1. The largest absolute Gasteiger partial charge is 0.348 e. The predicted octanol–water partition coefficient (Wildman–Crippen LogP) is 2.20. The molecule has 0 unspecified atom stereocenters. The molecule has 1 atom stereocenters. The normalized spacial score (nSPS) is 20.4. The number of likely N-dealkylation sites (tertiary alicyclic amines) is 1. The van der Waals surface area contributed by atoms with E-state index in [1.165, 1.54) is 42.0 Å². The number of aryl methyl sites for hydroxylation is 2. The molecule has 0 amide bonds. The molecule has 1 fully saturated rings. The quantitative estimate of drug-likeness (QED) is 0.898. The van der Waals surface area contributed by atoms with E-state index in [-0.39, 0.29) is 0 Å². The molecule has 0 saturated carbocycles. The van der Waals surface area contributed by atoms with Gasteiger partial charge in [-0.25, -0.2) is 4.98 Å². The molecule has 108 valence electrons. The summed E-state index contributed by atoms with van der Waals surface area (Å²) in [6, 6.07) is 0. The Balaban J connectivity index is 1.59. The lowest BCUT2D eigenvalue weighted by Crippen LogP contribution is -2.36. The highest BCUT2D eigenvalue weighted by Gasteiger charge is 2.22. The third-order valence-corrected chi connectivity index (χ3v) is 4.34. The van der Waals surface area contributed by atoms with E-state index in [0.29, 0.717) is 0 Å². The zero-order valence-electron chi connectivity index (χ0n) is 12.3. The van der Waals surface area contributed by atoms with Crippen LogP contribution >= 0.6 is 0 Å². The van der Waals surface area contributed by atoms with Crippen molar-refractivity contribution in [2.75, 3.05) is 13.1 Å². The van der Waals surface area contributed by atoms with Crippen LogP contribution in [0.15, 0.2) is 12.5 Å². The molecule has 0 bridgehead atoms. The van der Waals surface area contributed by atoms with Crippen molar-refractivity contribution < 1.29 is 0 Å². The lowest BCUT2D eigenvalue weighted by atomic mass is 9.92. The maximum Gasteiger partial charge on any atom is 0.0925 e. The molecule has 1 aliphatic heterocycles. The van der Waals surface area contributed by atoms with Crippen molar-refractivity contribution in [3.63, 3.8) is 0 Å². The van der Waals surface area contributed by atoms with E-state index in [1.807, 2.05) is 6.20 Å². The minimum atomic E-state index is 0.724. The molecule has 1 aliphatic rings. The maximum absolute atomic E-state index is 4.41. The number of aromatic nitrogens is 4. The van der Waals surface area contributed by atoms with E-state index in [9.17, 15) is 0 Å². The number of rotatable bonds is 4. The Kier molecular flexibility index (Phi) is 3.87. The SMILES string of the molecule is Cc1cn[nH]c1C[C@@H]1CCCN(Cc2nc[nH]c2C)C1. The molecule has 0 aromatic carbocycles. The molecule has 2 aromatic heterocycles. The van der Waals surface area contributed by atoms with Gasteiger partial charge in [-0.15, -0.1) is 0 Å². The summed E-state index contributed by atoms with van der Waals surface area (Å²) in [5.41, 5.74) is 4.96. The average molecular weight is 273 g/mol. The van der Waals surface area contributed by atoms with Crippen molar-refractivity contribution in [3.8, 4) is 0 Å². The van der Waals surface area contributed by atoms with E-state index in [1.54, 1.807) is 6.33 Å². The van der Waals surface area contributed by atoms with E-state index in [4.69, 9.17) is 0 Å². The standard InChI is InChI=1S/C15H23N5/c1-11-7-18-19-14(11)6-13-4-3-5-20(8-13)9-15-12(2)16-10-17-15/h7,10,13H,3-6,8-9H2,1-2H3,(H,16,17)(H,18,19)/t13-/m0/s1. The van der Waals surface area contributed by atoms with Crippen LogP contribution < -0.4 is 0 Å². The Morgan fingerprint density at radius 3 is 3.00 bits per heavy atom. The summed E-state index contributed by atoms with van der Waals surface area (Å²) in [5.74, 6) is 0.724. The van der Waals surface area contributed by atoms with Crippen molar-refractivity contribution in [1.82, 2.24) is 25.1 Å². The van der Waals surface area contributed by atoms with E-state index in [0.717, 1.165) is 25.4 Å². The third kappa shape index (κ3) is 2.93. The van der Waals surface area contributed by atoms with E-state index < -0.39 is 0 Å². The monoisotopic (exact) mass is 273 g/mol. The van der Waals surface area contributed by atoms with Gasteiger partial charge in [0, 0.05) is 24.5 Å². The molecule has 5 heteroatoms. The summed E-state index contributed by atoms with van der Waals surface area (Å²) in [7, 11) is 0. The first kappa shape index (κ1) is 13.4. The van der Waals surface area contributed by atoms with Crippen LogP contribution in [-0.4, -0.2) is 38.2 Å². The molecule has 2 aromatic rings. The highest BCUT2D eigenvalue weighted by atomic mass is 15.1. The smallest absolute Gasteiger partial charge is 0.0925 e. The Hall–Kier alpha value is -1.62. The topological polar surface area (TPSA) is 60.6 Å². The molecular weight excluding hydrogens is 250 g/mol. The first-order valence-electron chi connectivity index (χ1n) is 7.42. The number of nitrogens with zero attached hydrogens (tertiary/aromatic N) is 3. The fourth-order valence-corrected chi connectivity index (χ4v) is 3.09. The van der Waals surface area contributed by atoms with Crippen LogP contribution in [0.4, 0.5) is 0 Å². The average Bonchev–Trinajstić information content (AvgIpc) is 3.01. The Bertz CT molecular complexity index is 508. The first-order chi connectivity index (χ1) is 9.72. The van der Waals surface area contributed by atoms with Crippen molar-refractivity contribution in [1.29, 1.82) is 0 Å². The molecule has 3 heterocycles.